The molecule has 0 radical (unpaired) electrons. The third kappa shape index (κ3) is 8.37. The minimum Gasteiger partial charge on any atom is -0.396 e. The smallest absolute Gasteiger partial charge is 0.191 e. The summed E-state index contributed by atoms with van der Waals surface area (Å²) >= 11 is 1.84. The lowest BCUT2D eigenvalue weighted by Gasteiger charge is -2.20. The molecule has 0 aromatic carbocycles. The second-order valence-corrected chi connectivity index (χ2v) is 7.56. The highest BCUT2D eigenvalue weighted by Gasteiger charge is 2.11. The molecule has 0 aliphatic heterocycles. The molecule has 1 unspecified atom stereocenters. The van der Waals surface area contributed by atoms with Gasteiger partial charge in [-0.05, 0) is 50.2 Å². The number of thiophene rings is 1. The van der Waals surface area contributed by atoms with Crippen LogP contribution in [-0.2, 0) is 13.0 Å². The first-order valence-electron chi connectivity index (χ1n) is 8.79. The lowest BCUT2D eigenvalue weighted by molar-refractivity contribution is 0.243. The van der Waals surface area contributed by atoms with E-state index in [1.54, 1.807) is 0 Å². The van der Waals surface area contributed by atoms with Gasteiger partial charge in [-0.3, -0.25) is 0 Å². The lowest BCUT2D eigenvalue weighted by atomic mass is 9.94. The first kappa shape index (κ1) is 20.0. The number of nitrogens with one attached hydrogen (secondary N) is 2. The molecule has 1 rings (SSSR count). The molecule has 1 aromatic heterocycles. The highest BCUT2D eigenvalue weighted by Crippen LogP contribution is 2.17. The summed E-state index contributed by atoms with van der Waals surface area (Å²) < 4.78 is 0. The molecule has 0 saturated carbocycles. The zero-order valence-electron chi connectivity index (χ0n) is 15.1. The Balaban J connectivity index is 2.56. The second-order valence-electron chi connectivity index (χ2n) is 6.31. The molecule has 0 bridgehead atoms. The normalized spacial score (nSPS) is 13.4. The molecular weight excluding hydrogens is 306 g/mol. The number of hydrogen-bond acceptors (Lipinski definition) is 3. The van der Waals surface area contributed by atoms with Crippen LogP contribution in [0.5, 0.6) is 0 Å². The maximum atomic E-state index is 9.22. The number of aliphatic imine (C=N–C) groups is 1. The summed E-state index contributed by atoms with van der Waals surface area (Å²) in [5.74, 6) is 1.99. The maximum absolute atomic E-state index is 9.22. The Bertz CT molecular complexity index is 457. The van der Waals surface area contributed by atoms with Crippen molar-refractivity contribution in [2.75, 3.05) is 19.7 Å². The highest BCUT2D eigenvalue weighted by molar-refractivity contribution is 7.11. The van der Waals surface area contributed by atoms with Crippen molar-refractivity contribution in [3.8, 4) is 0 Å². The van der Waals surface area contributed by atoms with Crippen molar-refractivity contribution in [3.05, 3.63) is 21.9 Å². The van der Waals surface area contributed by atoms with E-state index in [2.05, 4.69) is 55.5 Å². The quantitative estimate of drug-likeness (QED) is 0.452. The minimum absolute atomic E-state index is 0.252. The molecule has 5 heteroatoms. The summed E-state index contributed by atoms with van der Waals surface area (Å²) in [7, 11) is 0. The zero-order chi connectivity index (χ0) is 17.1. The van der Waals surface area contributed by atoms with Crippen molar-refractivity contribution in [2.45, 2.75) is 53.5 Å². The van der Waals surface area contributed by atoms with Gasteiger partial charge in [0.05, 0.1) is 6.54 Å². The molecule has 0 aliphatic carbocycles. The Kier molecular flexibility index (Phi) is 9.96. The van der Waals surface area contributed by atoms with E-state index < -0.39 is 0 Å². The van der Waals surface area contributed by atoms with Crippen LogP contribution >= 0.6 is 11.3 Å². The van der Waals surface area contributed by atoms with E-state index in [0.29, 0.717) is 11.8 Å². The van der Waals surface area contributed by atoms with Gasteiger partial charge in [-0.15, -0.1) is 11.3 Å². The van der Waals surface area contributed by atoms with E-state index in [1.807, 2.05) is 11.3 Å². The number of aryl methyl sites for hydroxylation is 1. The second kappa shape index (κ2) is 11.5. The first-order valence-corrected chi connectivity index (χ1v) is 9.61. The van der Waals surface area contributed by atoms with Crippen molar-refractivity contribution < 1.29 is 5.11 Å². The van der Waals surface area contributed by atoms with Gasteiger partial charge in [-0.2, -0.15) is 0 Å². The van der Waals surface area contributed by atoms with Crippen LogP contribution in [0.15, 0.2) is 17.1 Å². The summed E-state index contributed by atoms with van der Waals surface area (Å²) in [5, 5.41) is 16.0. The topological polar surface area (TPSA) is 56.7 Å². The van der Waals surface area contributed by atoms with Gasteiger partial charge in [-0.25, -0.2) is 4.99 Å². The molecule has 0 aliphatic rings. The van der Waals surface area contributed by atoms with E-state index in [-0.39, 0.29) is 6.61 Å². The molecule has 0 fully saturated rings. The number of guanidine groups is 1. The van der Waals surface area contributed by atoms with Crippen LogP contribution in [-0.4, -0.2) is 30.8 Å². The first-order chi connectivity index (χ1) is 11.1. The fourth-order valence-electron chi connectivity index (χ4n) is 2.59. The third-order valence-electron chi connectivity index (χ3n) is 3.70. The Morgan fingerprint density at radius 2 is 1.96 bits per heavy atom. The van der Waals surface area contributed by atoms with Gasteiger partial charge in [0.1, 0.15) is 0 Å². The van der Waals surface area contributed by atoms with Crippen molar-refractivity contribution in [2.24, 2.45) is 16.8 Å². The average Bonchev–Trinajstić information content (AvgIpc) is 2.97. The van der Waals surface area contributed by atoms with Gasteiger partial charge in [0.15, 0.2) is 5.96 Å². The minimum atomic E-state index is 0.252. The summed E-state index contributed by atoms with van der Waals surface area (Å²) in [6.45, 7) is 11.4. The van der Waals surface area contributed by atoms with Crippen molar-refractivity contribution >= 4 is 17.3 Å². The Labute approximate surface area is 145 Å². The molecule has 0 saturated heterocycles. The lowest BCUT2D eigenvalue weighted by Crippen LogP contribution is -2.40. The fraction of sp³-hybridized carbons (Fsp3) is 0.722. The monoisotopic (exact) mass is 339 g/mol. The van der Waals surface area contributed by atoms with Gasteiger partial charge in [0, 0.05) is 29.5 Å². The van der Waals surface area contributed by atoms with Crippen molar-refractivity contribution in [3.63, 3.8) is 0 Å². The third-order valence-corrected chi connectivity index (χ3v) is 4.92. The number of aliphatic hydroxyl groups is 1. The molecule has 23 heavy (non-hydrogen) atoms. The van der Waals surface area contributed by atoms with Gasteiger partial charge in [0.2, 0.25) is 0 Å². The van der Waals surface area contributed by atoms with Crippen LogP contribution in [0.25, 0.3) is 0 Å². The SMILES string of the molecule is CCNC(=NCc1ccc(CC)s1)NCC(CCO)CC(C)C. The van der Waals surface area contributed by atoms with Crippen molar-refractivity contribution in [1.29, 1.82) is 0 Å². The van der Waals surface area contributed by atoms with Crippen LogP contribution in [0.2, 0.25) is 0 Å². The van der Waals surface area contributed by atoms with E-state index >= 15 is 0 Å². The van der Waals surface area contributed by atoms with Gasteiger partial charge >= 0.3 is 0 Å². The standard InChI is InChI=1S/C18H33N3OS/c1-5-16-7-8-17(23-16)13-21-18(19-6-2)20-12-15(9-10-22)11-14(3)4/h7-8,14-15,22H,5-6,9-13H2,1-4H3,(H2,19,20,21). The van der Waals surface area contributed by atoms with E-state index in [1.165, 1.54) is 9.75 Å². The van der Waals surface area contributed by atoms with Crippen molar-refractivity contribution in [1.82, 2.24) is 10.6 Å². The van der Waals surface area contributed by atoms with E-state index in [0.717, 1.165) is 44.9 Å². The van der Waals surface area contributed by atoms with Gasteiger partial charge < -0.3 is 15.7 Å². The largest absolute Gasteiger partial charge is 0.396 e. The molecular formula is C18H33N3OS. The predicted octanol–water partition coefficient (Wildman–Crippen LogP) is 3.41. The molecule has 0 amide bonds. The zero-order valence-corrected chi connectivity index (χ0v) is 15.9. The van der Waals surface area contributed by atoms with Gasteiger partial charge in [0.25, 0.3) is 0 Å². The highest BCUT2D eigenvalue weighted by atomic mass is 32.1. The molecule has 1 heterocycles. The van der Waals surface area contributed by atoms with Crippen LogP contribution in [0.4, 0.5) is 0 Å². The number of hydrogen-bond donors (Lipinski definition) is 3. The predicted molar refractivity (Wildman–Crippen MR) is 101 cm³/mol. The summed E-state index contributed by atoms with van der Waals surface area (Å²) in [4.78, 5) is 7.39. The molecule has 3 N–H and O–H groups in total. The van der Waals surface area contributed by atoms with E-state index in [4.69, 9.17) is 0 Å². The van der Waals surface area contributed by atoms with Crippen LogP contribution < -0.4 is 10.6 Å². The summed E-state index contributed by atoms with van der Waals surface area (Å²) in [5.41, 5.74) is 0. The molecule has 1 atom stereocenters. The number of nitrogens with zero attached hydrogens (tertiary/aromatic N) is 1. The fourth-order valence-corrected chi connectivity index (χ4v) is 3.47. The Hall–Kier alpha value is -1.07. The Morgan fingerprint density at radius 1 is 1.22 bits per heavy atom. The maximum Gasteiger partial charge on any atom is 0.191 e. The Morgan fingerprint density at radius 3 is 2.52 bits per heavy atom. The molecule has 1 aromatic rings. The van der Waals surface area contributed by atoms with Crippen LogP contribution in [0.3, 0.4) is 0 Å². The summed E-state index contributed by atoms with van der Waals surface area (Å²) in [6.07, 6.45) is 3.05. The van der Waals surface area contributed by atoms with Crippen LogP contribution in [0.1, 0.15) is 50.3 Å². The molecule has 4 nitrogen and oxygen atoms in total. The number of aliphatic hydroxyl groups excluding tert-OH is 1. The number of rotatable bonds is 10. The molecule has 132 valence electrons. The molecule has 0 spiro atoms. The van der Waals surface area contributed by atoms with Crippen LogP contribution in [0, 0.1) is 11.8 Å². The van der Waals surface area contributed by atoms with E-state index in [9.17, 15) is 5.11 Å². The average molecular weight is 340 g/mol. The summed E-state index contributed by atoms with van der Waals surface area (Å²) in [6, 6.07) is 4.36. The van der Waals surface area contributed by atoms with Gasteiger partial charge in [-0.1, -0.05) is 20.8 Å².